The van der Waals surface area contributed by atoms with Crippen LogP contribution in [0.3, 0.4) is 0 Å². The Morgan fingerprint density at radius 1 is 1.14 bits per heavy atom. The van der Waals surface area contributed by atoms with Gasteiger partial charge < -0.3 is 14.6 Å². The Morgan fingerprint density at radius 3 is 2.59 bits per heavy atom. The zero-order valence-electron chi connectivity index (χ0n) is 21.1. The molecule has 0 atom stereocenters. The van der Waals surface area contributed by atoms with E-state index >= 15 is 0 Å². The zero-order chi connectivity index (χ0) is 26.3. The van der Waals surface area contributed by atoms with Crippen LogP contribution in [0.25, 0.3) is 27.9 Å². The van der Waals surface area contributed by atoms with Gasteiger partial charge >= 0.3 is 5.69 Å². The molecule has 0 saturated carbocycles. The first kappa shape index (κ1) is 25.9. The van der Waals surface area contributed by atoms with Crippen molar-refractivity contribution in [3.8, 4) is 17.0 Å². The van der Waals surface area contributed by atoms with E-state index in [0.717, 1.165) is 12.8 Å². The smallest absolute Gasteiger partial charge is 0.335 e. The van der Waals surface area contributed by atoms with Gasteiger partial charge in [-0.3, -0.25) is 4.57 Å². The quantitative estimate of drug-likeness (QED) is 0.334. The van der Waals surface area contributed by atoms with Crippen LogP contribution in [0.15, 0.2) is 38.7 Å². The van der Waals surface area contributed by atoms with Gasteiger partial charge in [-0.1, -0.05) is 13.8 Å². The molecule has 3 aromatic heterocycles. The number of fused-ring (bicyclic) bond motifs is 3. The van der Waals surface area contributed by atoms with Crippen molar-refractivity contribution in [1.29, 1.82) is 0 Å². The van der Waals surface area contributed by atoms with Gasteiger partial charge in [-0.15, -0.1) is 10.2 Å². The highest BCUT2D eigenvalue weighted by Gasteiger charge is 2.29. The van der Waals surface area contributed by atoms with Crippen LogP contribution in [0.1, 0.15) is 26.7 Å². The van der Waals surface area contributed by atoms with Crippen LogP contribution < -0.4 is 10.4 Å². The number of aromatic nitrogens is 5. The average molecular weight is 593 g/mol. The van der Waals surface area contributed by atoms with E-state index in [0.29, 0.717) is 77.5 Å². The predicted molar refractivity (Wildman–Crippen MR) is 145 cm³/mol. The maximum Gasteiger partial charge on any atom is 0.335 e. The average Bonchev–Trinajstić information content (AvgIpc) is 3.51. The third kappa shape index (κ3) is 4.47. The number of benzene rings is 1. The second-order valence-corrected chi connectivity index (χ2v) is 11.9. The van der Waals surface area contributed by atoms with E-state index in [4.69, 9.17) is 4.74 Å². The summed E-state index contributed by atoms with van der Waals surface area (Å²) in [5.41, 5.74) is 2.63. The van der Waals surface area contributed by atoms with Crippen LogP contribution >= 0.6 is 15.9 Å². The molecule has 1 fully saturated rings. The van der Waals surface area contributed by atoms with E-state index in [9.17, 15) is 13.2 Å². The lowest BCUT2D eigenvalue weighted by Crippen LogP contribution is -2.47. The second kappa shape index (κ2) is 10.2. The summed E-state index contributed by atoms with van der Waals surface area (Å²) < 4.78 is 38.4. The van der Waals surface area contributed by atoms with Crippen molar-refractivity contribution in [2.75, 3.05) is 39.8 Å². The predicted octanol–water partition coefficient (Wildman–Crippen LogP) is 2.94. The van der Waals surface area contributed by atoms with Crippen molar-refractivity contribution in [3.63, 3.8) is 0 Å². The number of rotatable bonds is 8. The van der Waals surface area contributed by atoms with Crippen molar-refractivity contribution in [2.45, 2.75) is 38.1 Å². The Hall–Kier alpha value is -2.74. The molecule has 0 aliphatic carbocycles. The van der Waals surface area contributed by atoms with Crippen molar-refractivity contribution in [3.05, 3.63) is 39.5 Å². The standard InChI is InChI=1S/C24H30BrN7O4S/c1-4-8-31-22-19(25)20(27-21(22)23-28-26-15-32(23)24(31)33)17-14-16(6-7-18(17)36-13-5-2)37(34,35)30-11-9-29(3)10-12-30/h6-7,14-15,27H,4-5,8-13H2,1-3H3. The number of piperazine rings is 1. The van der Waals surface area contributed by atoms with E-state index in [1.165, 1.54) is 15.0 Å². The fourth-order valence-electron chi connectivity index (χ4n) is 4.65. The summed E-state index contributed by atoms with van der Waals surface area (Å²) in [6.45, 7) is 7.22. The van der Waals surface area contributed by atoms with E-state index in [2.05, 4.69) is 36.0 Å². The fourth-order valence-corrected chi connectivity index (χ4v) is 6.82. The molecule has 4 aromatic rings. The normalized spacial score (nSPS) is 15.7. The summed E-state index contributed by atoms with van der Waals surface area (Å²) in [5.74, 6) is 0.549. The maximum absolute atomic E-state index is 13.6. The number of H-pyrrole nitrogens is 1. The molecule has 4 heterocycles. The SMILES string of the molecule is CCCOc1ccc(S(=O)(=O)N2CCN(C)CC2)cc1-c1[nH]c2c(c1Br)n(CCC)c(=O)n1cnnc21. The number of ether oxygens (including phenoxy) is 1. The van der Waals surface area contributed by atoms with E-state index in [1.807, 2.05) is 20.9 Å². The Labute approximate surface area is 223 Å². The molecule has 198 valence electrons. The Kier molecular flexibility index (Phi) is 7.14. The molecule has 1 N–H and O–H groups in total. The molecule has 0 bridgehead atoms. The fraction of sp³-hybridized carbons (Fsp3) is 0.458. The number of sulfonamides is 1. The first-order valence-electron chi connectivity index (χ1n) is 12.4. The highest BCUT2D eigenvalue weighted by Crippen LogP contribution is 2.41. The molecule has 1 saturated heterocycles. The van der Waals surface area contributed by atoms with Crippen LogP contribution in [-0.4, -0.2) is 81.6 Å². The number of likely N-dealkylation sites (N-methyl/N-ethyl adjacent to an activating group) is 1. The molecule has 13 heteroatoms. The van der Waals surface area contributed by atoms with Gasteiger partial charge in [0.05, 0.1) is 27.2 Å². The third-order valence-electron chi connectivity index (χ3n) is 6.62. The summed E-state index contributed by atoms with van der Waals surface area (Å²) >= 11 is 3.71. The number of hydrogen-bond donors (Lipinski definition) is 1. The topological polar surface area (TPSA) is 118 Å². The van der Waals surface area contributed by atoms with Gasteiger partial charge in [0.2, 0.25) is 10.0 Å². The maximum atomic E-state index is 13.6. The van der Waals surface area contributed by atoms with Crippen molar-refractivity contribution < 1.29 is 13.2 Å². The molecular formula is C24H30BrN7O4S. The second-order valence-electron chi connectivity index (χ2n) is 9.21. The summed E-state index contributed by atoms with van der Waals surface area (Å²) in [4.78, 5) is 18.9. The van der Waals surface area contributed by atoms with Gasteiger partial charge in [-0.2, -0.15) is 4.31 Å². The highest BCUT2D eigenvalue weighted by atomic mass is 79.9. The summed E-state index contributed by atoms with van der Waals surface area (Å²) in [6.07, 6.45) is 2.95. The molecule has 5 rings (SSSR count). The molecule has 0 spiro atoms. The summed E-state index contributed by atoms with van der Waals surface area (Å²) in [5, 5.41) is 8.10. The molecule has 11 nitrogen and oxygen atoms in total. The number of hydrogen-bond acceptors (Lipinski definition) is 7. The minimum Gasteiger partial charge on any atom is -0.493 e. The lowest BCUT2D eigenvalue weighted by Gasteiger charge is -2.31. The van der Waals surface area contributed by atoms with Crippen LogP contribution in [0.4, 0.5) is 0 Å². The molecule has 1 aliphatic heterocycles. The van der Waals surface area contributed by atoms with Gasteiger partial charge in [0.15, 0.2) is 5.65 Å². The number of aryl methyl sites for hydroxylation is 1. The number of halogens is 1. The first-order valence-corrected chi connectivity index (χ1v) is 14.6. The lowest BCUT2D eigenvalue weighted by molar-refractivity contribution is 0.222. The first-order chi connectivity index (χ1) is 17.8. The van der Waals surface area contributed by atoms with Crippen LogP contribution in [0.5, 0.6) is 5.75 Å². The van der Waals surface area contributed by atoms with Gasteiger partial charge in [0.1, 0.15) is 17.6 Å². The van der Waals surface area contributed by atoms with Gasteiger partial charge in [-0.05, 0) is 54.0 Å². The Morgan fingerprint density at radius 2 is 1.89 bits per heavy atom. The summed E-state index contributed by atoms with van der Waals surface area (Å²) in [7, 11) is -1.72. The number of aromatic amines is 1. The monoisotopic (exact) mass is 591 g/mol. The molecular weight excluding hydrogens is 562 g/mol. The highest BCUT2D eigenvalue weighted by molar-refractivity contribution is 9.10. The molecule has 0 radical (unpaired) electrons. The lowest BCUT2D eigenvalue weighted by atomic mass is 10.1. The Balaban J connectivity index is 1.72. The van der Waals surface area contributed by atoms with Gasteiger partial charge in [-0.25, -0.2) is 17.6 Å². The molecule has 0 unspecified atom stereocenters. The van der Waals surface area contributed by atoms with E-state index < -0.39 is 10.0 Å². The molecule has 1 aliphatic rings. The third-order valence-corrected chi connectivity index (χ3v) is 9.29. The molecule has 0 amide bonds. The van der Waals surface area contributed by atoms with Crippen molar-refractivity contribution in [2.24, 2.45) is 0 Å². The van der Waals surface area contributed by atoms with Crippen LogP contribution in [-0.2, 0) is 16.6 Å². The summed E-state index contributed by atoms with van der Waals surface area (Å²) in [6, 6.07) is 4.96. The minimum atomic E-state index is -3.71. The molecule has 1 aromatic carbocycles. The van der Waals surface area contributed by atoms with Crippen LogP contribution in [0.2, 0.25) is 0 Å². The number of nitrogens with zero attached hydrogens (tertiary/aromatic N) is 6. The van der Waals surface area contributed by atoms with Crippen LogP contribution in [0, 0.1) is 0 Å². The van der Waals surface area contributed by atoms with E-state index in [1.54, 1.807) is 22.8 Å². The number of nitrogens with one attached hydrogen (secondary N) is 1. The van der Waals surface area contributed by atoms with E-state index in [-0.39, 0.29) is 10.6 Å². The van der Waals surface area contributed by atoms with Crippen molar-refractivity contribution >= 4 is 42.6 Å². The van der Waals surface area contributed by atoms with Gasteiger partial charge in [0, 0.05) is 38.3 Å². The largest absolute Gasteiger partial charge is 0.493 e. The zero-order valence-corrected chi connectivity index (χ0v) is 23.5. The molecule has 37 heavy (non-hydrogen) atoms. The van der Waals surface area contributed by atoms with Gasteiger partial charge in [0.25, 0.3) is 0 Å². The van der Waals surface area contributed by atoms with Crippen molar-refractivity contribution in [1.82, 2.24) is 33.4 Å². The minimum absolute atomic E-state index is 0.194. The Bertz CT molecular complexity index is 1620.